The van der Waals surface area contributed by atoms with Crippen LogP contribution in [0.5, 0.6) is 0 Å². The molecule has 2 aromatic carbocycles. The van der Waals surface area contributed by atoms with E-state index in [-0.39, 0.29) is 24.8 Å². The minimum Gasteiger partial charge on any atom is -0.455 e. The van der Waals surface area contributed by atoms with Gasteiger partial charge in [0.2, 0.25) is 5.91 Å². The average molecular weight is 380 g/mol. The van der Waals surface area contributed by atoms with Gasteiger partial charge in [0, 0.05) is 25.2 Å². The van der Waals surface area contributed by atoms with Gasteiger partial charge in [0.15, 0.2) is 6.61 Å². The molecule has 28 heavy (non-hydrogen) atoms. The first-order valence-corrected chi connectivity index (χ1v) is 9.43. The summed E-state index contributed by atoms with van der Waals surface area (Å²) in [5.74, 6) is -1.51. The molecule has 0 spiro atoms. The number of hydrogen-bond donors (Lipinski definition) is 1. The van der Waals surface area contributed by atoms with Crippen molar-refractivity contribution < 1.29 is 19.1 Å². The number of para-hydroxylation sites is 1. The molecule has 0 radical (unpaired) electrons. The van der Waals surface area contributed by atoms with Crippen molar-refractivity contribution in [3.63, 3.8) is 0 Å². The van der Waals surface area contributed by atoms with Crippen LogP contribution >= 0.6 is 0 Å². The fourth-order valence-electron chi connectivity index (χ4n) is 3.28. The van der Waals surface area contributed by atoms with E-state index in [1.54, 1.807) is 4.90 Å². The van der Waals surface area contributed by atoms with E-state index in [4.69, 9.17) is 4.74 Å². The summed E-state index contributed by atoms with van der Waals surface area (Å²) in [7, 11) is 0. The zero-order valence-corrected chi connectivity index (χ0v) is 15.9. The van der Waals surface area contributed by atoms with Crippen LogP contribution in [0.1, 0.15) is 24.5 Å². The van der Waals surface area contributed by atoms with E-state index >= 15 is 0 Å². The lowest BCUT2D eigenvalue weighted by Gasteiger charge is -2.16. The van der Waals surface area contributed by atoms with Gasteiger partial charge in [0.25, 0.3) is 5.91 Å². The van der Waals surface area contributed by atoms with E-state index in [9.17, 15) is 14.4 Å². The maximum atomic E-state index is 12.3. The van der Waals surface area contributed by atoms with Crippen molar-refractivity contribution in [2.75, 3.05) is 18.5 Å². The molecule has 6 heteroatoms. The third kappa shape index (κ3) is 4.97. The molecule has 0 unspecified atom stereocenters. The summed E-state index contributed by atoms with van der Waals surface area (Å²) >= 11 is 0. The summed E-state index contributed by atoms with van der Waals surface area (Å²) in [6.07, 6.45) is 0.906. The molecular formula is C22H24N2O4. The van der Waals surface area contributed by atoms with E-state index in [0.717, 1.165) is 23.2 Å². The minimum absolute atomic E-state index is 0.0767. The second-order valence-electron chi connectivity index (χ2n) is 6.83. The number of rotatable bonds is 7. The number of hydrogen-bond acceptors (Lipinski definition) is 4. The molecule has 0 saturated carbocycles. The molecule has 2 aromatic rings. The summed E-state index contributed by atoms with van der Waals surface area (Å²) in [6, 6.07) is 17.1. The van der Waals surface area contributed by atoms with E-state index in [1.807, 2.05) is 61.5 Å². The van der Waals surface area contributed by atoms with E-state index in [2.05, 4.69) is 5.32 Å². The third-order valence-electron chi connectivity index (χ3n) is 4.78. The highest BCUT2D eigenvalue weighted by atomic mass is 16.5. The van der Waals surface area contributed by atoms with Crippen molar-refractivity contribution in [3.05, 3.63) is 65.7 Å². The van der Waals surface area contributed by atoms with Crippen molar-refractivity contribution in [2.24, 2.45) is 5.92 Å². The molecule has 1 aliphatic rings. The Morgan fingerprint density at radius 1 is 1.11 bits per heavy atom. The molecule has 2 amide bonds. The lowest BCUT2D eigenvalue weighted by Crippen LogP contribution is -2.28. The average Bonchev–Trinajstić information content (AvgIpc) is 3.08. The first-order chi connectivity index (χ1) is 13.6. The standard InChI is InChI=1S/C22H24N2O4/c1-2-17-10-6-7-11-19(17)23-20(25)15-28-22(27)18-12-21(26)24(14-18)13-16-8-4-3-5-9-16/h3-11,18H,2,12-15H2,1H3,(H,23,25)/t18-/m0/s1. The molecule has 1 aliphatic heterocycles. The molecule has 3 rings (SSSR count). The molecule has 1 heterocycles. The van der Waals surface area contributed by atoms with E-state index in [1.165, 1.54) is 0 Å². The van der Waals surface area contributed by atoms with Crippen molar-refractivity contribution in [2.45, 2.75) is 26.3 Å². The zero-order valence-electron chi connectivity index (χ0n) is 15.9. The Bertz CT molecular complexity index is 851. The number of aryl methyl sites for hydroxylation is 1. The van der Waals surface area contributed by atoms with Crippen molar-refractivity contribution in [1.29, 1.82) is 0 Å². The van der Waals surface area contributed by atoms with Crippen LogP contribution in [-0.4, -0.2) is 35.8 Å². The van der Waals surface area contributed by atoms with Gasteiger partial charge in [-0.2, -0.15) is 0 Å². The highest BCUT2D eigenvalue weighted by molar-refractivity contribution is 5.94. The van der Waals surface area contributed by atoms with Gasteiger partial charge in [-0.1, -0.05) is 55.5 Å². The molecule has 0 aliphatic carbocycles. The predicted molar refractivity (Wildman–Crippen MR) is 105 cm³/mol. The third-order valence-corrected chi connectivity index (χ3v) is 4.78. The molecule has 1 atom stereocenters. The second kappa shape index (κ2) is 9.17. The van der Waals surface area contributed by atoms with Gasteiger partial charge in [-0.25, -0.2) is 0 Å². The van der Waals surface area contributed by atoms with Crippen molar-refractivity contribution in [3.8, 4) is 0 Å². The van der Waals surface area contributed by atoms with Gasteiger partial charge in [-0.15, -0.1) is 0 Å². The molecule has 0 aromatic heterocycles. The molecule has 1 N–H and O–H groups in total. The van der Waals surface area contributed by atoms with E-state index < -0.39 is 11.9 Å². The number of esters is 1. The fraction of sp³-hybridized carbons (Fsp3) is 0.318. The molecule has 1 saturated heterocycles. The number of ether oxygens (including phenoxy) is 1. The Balaban J connectivity index is 1.48. The summed E-state index contributed by atoms with van der Waals surface area (Å²) < 4.78 is 5.15. The molecule has 6 nitrogen and oxygen atoms in total. The smallest absolute Gasteiger partial charge is 0.311 e. The summed E-state index contributed by atoms with van der Waals surface area (Å²) in [5, 5.41) is 2.76. The zero-order chi connectivity index (χ0) is 19.9. The van der Waals surface area contributed by atoms with Crippen LogP contribution in [0.2, 0.25) is 0 Å². The molecule has 1 fully saturated rings. The maximum Gasteiger partial charge on any atom is 0.311 e. The molecule has 0 bridgehead atoms. The lowest BCUT2D eigenvalue weighted by molar-refractivity contribution is -0.151. The minimum atomic E-state index is -0.535. The van der Waals surface area contributed by atoms with Gasteiger partial charge in [0.05, 0.1) is 5.92 Å². The maximum absolute atomic E-state index is 12.3. The van der Waals surface area contributed by atoms with Crippen LogP contribution in [-0.2, 0) is 32.1 Å². The Morgan fingerprint density at radius 3 is 2.57 bits per heavy atom. The summed E-state index contributed by atoms with van der Waals surface area (Å²) in [4.78, 5) is 38.2. The monoisotopic (exact) mass is 380 g/mol. The second-order valence-corrected chi connectivity index (χ2v) is 6.83. The van der Waals surface area contributed by atoms with Crippen LogP contribution in [0.4, 0.5) is 5.69 Å². The van der Waals surface area contributed by atoms with Crippen LogP contribution in [0.3, 0.4) is 0 Å². The van der Waals surface area contributed by atoms with Crippen molar-refractivity contribution >= 4 is 23.5 Å². The fourth-order valence-corrected chi connectivity index (χ4v) is 3.28. The number of amides is 2. The van der Waals surface area contributed by atoms with Crippen LogP contribution in [0.15, 0.2) is 54.6 Å². The lowest BCUT2D eigenvalue weighted by atomic mass is 10.1. The molecular weight excluding hydrogens is 356 g/mol. The normalized spacial score (nSPS) is 16.1. The van der Waals surface area contributed by atoms with E-state index in [0.29, 0.717) is 13.1 Å². The van der Waals surface area contributed by atoms with Crippen LogP contribution in [0.25, 0.3) is 0 Å². The first kappa shape index (κ1) is 19.6. The Hall–Kier alpha value is -3.15. The van der Waals surface area contributed by atoms with Gasteiger partial charge in [-0.3, -0.25) is 14.4 Å². The first-order valence-electron chi connectivity index (χ1n) is 9.43. The van der Waals surface area contributed by atoms with Gasteiger partial charge in [0.1, 0.15) is 0 Å². The number of likely N-dealkylation sites (tertiary alicyclic amines) is 1. The summed E-state index contributed by atoms with van der Waals surface area (Å²) in [6.45, 7) is 2.42. The Kier molecular flexibility index (Phi) is 6.42. The number of benzene rings is 2. The number of anilines is 1. The van der Waals surface area contributed by atoms with Crippen LogP contribution in [0, 0.1) is 5.92 Å². The number of carbonyl (C=O) groups is 3. The largest absolute Gasteiger partial charge is 0.455 e. The quantitative estimate of drug-likeness (QED) is 0.750. The van der Waals surface area contributed by atoms with Crippen molar-refractivity contribution in [1.82, 2.24) is 4.90 Å². The Morgan fingerprint density at radius 2 is 1.82 bits per heavy atom. The molecule has 146 valence electrons. The highest BCUT2D eigenvalue weighted by Gasteiger charge is 2.35. The summed E-state index contributed by atoms with van der Waals surface area (Å²) in [5.41, 5.74) is 2.75. The predicted octanol–water partition coefficient (Wildman–Crippen LogP) is 2.78. The number of carbonyl (C=O) groups excluding carboxylic acids is 3. The van der Waals surface area contributed by atoms with Crippen LogP contribution < -0.4 is 5.32 Å². The number of nitrogens with zero attached hydrogens (tertiary/aromatic N) is 1. The van der Waals surface area contributed by atoms with Gasteiger partial charge < -0.3 is 15.0 Å². The van der Waals surface area contributed by atoms with Gasteiger partial charge >= 0.3 is 5.97 Å². The number of nitrogens with one attached hydrogen (secondary N) is 1. The topological polar surface area (TPSA) is 75.7 Å². The van der Waals surface area contributed by atoms with Gasteiger partial charge in [-0.05, 0) is 23.6 Å². The Labute approximate surface area is 164 Å². The highest BCUT2D eigenvalue weighted by Crippen LogP contribution is 2.21. The SMILES string of the molecule is CCc1ccccc1NC(=O)COC(=O)[C@H]1CC(=O)N(Cc2ccccc2)C1.